The highest BCUT2D eigenvalue weighted by Gasteiger charge is 2.84. The molecule has 3 nitrogen and oxygen atoms in total. The minimum Gasteiger partial charge on any atom is -0.287 e. The van der Waals surface area contributed by atoms with Gasteiger partial charge in [0.05, 0.1) is 0 Å². The van der Waals surface area contributed by atoms with Gasteiger partial charge >= 0.3 is 28.8 Å². The summed E-state index contributed by atoms with van der Waals surface area (Å²) in [5.74, 6) is -12.5. The van der Waals surface area contributed by atoms with Crippen molar-refractivity contribution < 1.29 is 65.9 Å². The van der Waals surface area contributed by atoms with E-state index in [0.717, 1.165) is 0 Å². The minimum absolute atomic E-state index is 5.17. The molecule has 0 amide bonds. The van der Waals surface area contributed by atoms with Crippen molar-refractivity contribution in [3.63, 3.8) is 0 Å². The van der Waals surface area contributed by atoms with Crippen molar-refractivity contribution in [1.29, 1.82) is 0 Å². The Hall–Kier alpha value is -1.22. The maximum Gasteiger partial charge on any atom is 0.501 e. The van der Waals surface area contributed by atoms with Crippen LogP contribution in [-0.4, -0.2) is 43.0 Å². The fraction of sp³-hybridized carbons (Fsp3) is 0.833. The van der Waals surface area contributed by atoms with Crippen LogP contribution >= 0.6 is 0 Å². The van der Waals surface area contributed by atoms with E-state index in [0.29, 0.717) is 0 Å². The van der Waals surface area contributed by atoms with E-state index in [1.807, 2.05) is 0 Å². The fourth-order valence-corrected chi connectivity index (χ4v) is 1.89. The highest BCUT2D eigenvalue weighted by Crippen LogP contribution is 2.51. The summed E-state index contributed by atoms with van der Waals surface area (Å²) in [5.41, 5.74) is -7.28. The number of carbonyl (C=O) groups is 1. The van der Waals surface area contributed by atoms with Crippen LogP contribution in [0.3, 0.4) is 0 Å². The molecule has 0 aromatic carbocycles. The van der Waals surface area contributed by atoms with Crippen molar-refractivity contribution in [3.05, 3.63) is 0 Å². The third kappa shape index (κ3) is 2.71. The van der Waals surface area contributed by atoms with E-state index in [9.17, 15) is 65.9 Å². The lowest BCUT2D eigenvalue weighted by Gasteiger charge is -2.30. The molecule has 1 atom stereocenters. The smallest absolute Gasteiger partial charge is 0.287 e. The number of halogens is 12. The average molecular weight is 380 g/mol. The summed E-state index contributed by atoms with van der Waals surface area (Å²) in [6.45, 7) is 0. The number of carbonyl (C=O) groups excluding carboxylic acids is 1. The van der Waals surface area contributed by atoms with Gasteiger partial charge in [0.15, 0.2) is 0 Å². The van der Waals surface area contributed by atoms with Crippen LogP contribution in [0.1, 0.15) is 0 Å². The molecule has 0 aliphatic heterocycles. The van der Waals surface area contributed by atoms with Gasteiger partial charge in [-0.1, -0.05) is 0 Å². The molecule has 0 rings (SSSR count). The summed E-state index contributed by atoms with van der Waals surface area (Å²) < 4.78 is 166. The molecule has 0 aliphatic rings. The Bertz CT molecular complexity index is 551. The molecular formula is C6F12O3S. The van der Waals surface area contributed by atoms with Crippen LogP contribution in [0.5, 0.6) is 0 Å². The maximum atomic E-state index is 13.2. The van der Waals surface area contributed by atoms with Gasteiger partial charge in [0.1, 0.15) is 0 Å². The SMILES string of the molecule is O=C(C(F)(F)C(F)(F)F)C(F)(C(F)(F)F)S(=O)(=O)C(F)(F)F. The van der Waals surface area contributed by atoms with Gasteiger partial charge in [-0.2, -0.15) is 48.3 Å². The number of rotatable bonds is 3. The lowest BCUT2D eigenvalue weighted by Crippen LogP contribution is -2.65. The van der Waals surface area contributed by atoms with Crippen LogP contribution in [0.15, 0.2) is 0 Å². The highest BCUT2D eigenvalue weighted by molar-refractivity contribution is 7.94. The minimum atomic E-state index is -8.46. The maximum absolute atomic E-state index is 13.2. The normalized spacial score (nSPS) is 18.0. The molecule has 16 heteroatoms. The second kappa shape index (κ2) is 4.89. The van der Waals surface area contributed by atoms with E-state index in [2.05, 4.69) is 0 Å². The molecule has 22 heavy (non-hydrogen) atoms. The van der Waals surface area contributed by atoms with E-state index in [4.69, 9.17) is 0 Å². The molecule has 0 saturated carbocycles. The summed E-state index contributed by atoms with van der Waals surface area (Å²) in [6, 6.07) is 0. The first-order valence-corrected chi connectivity index (χ1v) is 5.70. The number of ketones is 1. The standard InChI is InChI=1S/C6F12O3S/c7-2(8,4(10,11)12)1(19)3(9,5(13,14)15)22(20,21)6(16,17)18. The van der Waals surface area contributed by atoms with Crippen molar-refractivity contribution >= 4 is 15.6 Å². The molecule has 0 aliphatic carbocycles. The molecule has 0 aromatic rings. The molecule has 0 fully saturated rings. The Morgan fingerprint density at radius 2 is 0.955 bits per heavy atom. The molecule has 1 unspecified atom stereocenters. The molecule has 0 saturated heterocycles. The van der Waals surface area contributed by atoms with Gasteiger partial charge in [-0.05, 0) is 0 Å². The zero-order valence-electron chi connectivity index (χ0n) is 9.17. The summed E-state index contributed by atoms with van der Waals surface area (Å²) in [6.07, 6.45) is -14.8. The second-order valence-electron chi connectivity index (χ2n) is 3.44. The first-order chi connectivity index (χ1) is 9.15. The van der Waals surface area contributed by atoms with Crippen molar-refractivity contribution in [2.75, 3.05) is 0 Å². The van der Waals surface area contributed by atoms with Crippen molar-refractivity contribution in [3.8, 4) is 0 Å². The monoisotopic (exact) mass is 380 g/mol. The number of Topliss-reactive ketones (excluding diaryl/α,β-unsaturated/α-hetero) is 1. The van der Waals surface area contributed by atoms with E-state index < -0.39 is 44.4 Å². The second-order valence-corrected chi connectivity index (χ2v) is 5.48. The third-order valence-corrected chi connectivity index (χ3v) is 3.74. The van der Waals surface area contributed by atoms with Gasteiger partial charge in [-0.15, -0.1) is 0 Å². The van der Waals surface area contributed by atoms with Crippen LogP contribution in [0, 0.1) is 0 Å². The molecule has 0 N–H and O–H groups in total. The Kier molecular flexibility index (Phi) is 4.62. The van der Waals surface area contributed by atoms with Crippen LogP contribution in [0.25, 0.3) is 0 Å². The Labute approximate surface area is 111 Å². The lowest BCUT2D eigenvalue weighted by atomic mass is 10.1. The van der Waals surface area contributed by atoms with Crippen molar-refractivity contribution in [2.24, 2.45) is 0 Å². The molecular weight excluding hydrogens is 380 g/mol. The van der Waals surface area contributed by atoms with E-state index in [1.165, 1.54) is 0 Å². The summed E-state index contributed by atoms with van der Waals surface area (Å²) in [7, 11) is -8.46. The van der Waals surface area contributed by atoms with Gasteiger partial charge in [-0.3, -0.25) is 4.79 Å². The van der Waals surface area contributed by atoms with Crippen molar-refractivity contribution in [2.45, 2.75) is 28.8 Å². The van der Waals surface area contributed by atoms with E-state index in [1.54, 1.807) is 0 Å². The summed E-state index contributed by atoms with van der Waals surface area (Å²) >= 11 is 0. The fourth-order valence-electron chi connectivity index (χ4n) is 0.893. The number of hydrogen-bond donors (Lipinski definition) is 0. The van der Waals surface area contributed by atoms with Crippen LogP contribution < -0.4 is 0 Å². The highest BCUT2D eigenvalue weighted by atomic mass is 32.2. The average Bonchev–Trinajstić information content (AvgIpc) is 2.21. The summed E-state index contributed by atoms with van der Waals surface area (Å²) in [5, 5.41) is -7.54. The lowest BCUT2D eigenvalue weighted by molar-refractivity contribution is -0.281. The van der Waals surface area contributed by atoms with Gasteiger partial charge in [0, 0.05) is 0 Å². The molecule has 0 radical (unpaired) electrons. The molecule has 0 spiro atoms. The Morgan fingerprint density at radius 1 is 0.636 bits per heavy atom. The molecule has 0 bridgehead atoms. The third-order valence-electron chi connectivity index (χ3n) is 1.97. The van der Waals surface area contributed by atoms with Crippen LogP contribution in [0.4, 0.5) is 52.7 Å². The van der Waals surface area contributed by atoms with Crippen LogP contribution in [0.2, 0.25) is 0 Å². The molecule has 132 valence electrons. The largest absolute Gasteiger partial charge is 0.501 e. The van der Waals surface area contributed by atoms with Gasteiger partial charge < -0.3 is 0 Å². The predicted molar refractivity (Wildman–Crippen MR) is 40.9 cm³/mol. The Morgan fingerprint density at radius 3 is 1.14 bits per heavy atom. The first kappa shape index (κ1) is 20.8. The summed E-state index contributed by atoms with van der Waals surface area (Å²) in [4.78, 5) is 10.4. The van der Waals surface area contributed by atoms with Gasteiger partial charge in [0.25, 0.3) is 15.6 Å². The van der Waals surface area contributed by atoms with Crippen LogP contribution in [-0.2, 0) is 14.6 Å². The van der Waals surface area contributed by atoms with Crippen molar-refractivity contribution in [1.82, 2.24) is 0 Å². The zero-order valence-corrected chi connectivity index (χ0v) is 9.99. The van der Waals surface area contributed by atoms with Gasteiger partial charge in [0.2, 0.25) is 0 Å². The zero-order chi connectivity index (χ0) is 18.6. The topological polar surface area (TPSA) is 51.2 Å². The Balaban J connectivity index is 6.65. The molecule has 0 aromatic heterocycles. The number of alkyl halides is 12. The van der Waals surface area contributed by atoms with E-state index >= 15 is 0 Å². The quantitative estimate of drug-likeness (QED) is 0.708. The number of hydrogen-bond acceptors (Lipinski definition) is 3. The first-order valence-electron chi connectivity index (χ1n) is 4.21. The molecule has 0 heterocycles. The number of sulfone groups is 1. The predicted octanol–water partition coefficient (Wildman–Crippen LogP) is 2.92. The van der Waals surface area contributed by atoms with Gasteiger partial charge in [-0.25, -0.2) is 12.8 Å². The van der Waals surface area contributed by atoms with E-state index in [-0.39, 0.29) is 0 Å².